The lowest BCUT2D eigenvalue weighted by Gasteiger charge is -2.26. The molecular weight excluding hydrogens is 297 g/mol. The third-order valence-electron chi connectivity index (χ3n) is 5.00. The number of esters is 1. The number of likely N-dealkylation sites (tertiary alicyclic amines) is 1. The molecule has 4 nitrogen and oxygen atoms in total. The molecule has 0 N–H and O–H groups in total. The molecule has 1 aromatic carbocycles. The molecule has 124 valence electrons. The molecule has 1 aliphatic heterocycles. The maximum atomic E-state index is 13.1. The molecule has 1 heterocycles. The molecule has 5 heteroatoms. The molecule has 23 heavy (non-hydrogen) atoms. The van der Waals surface area contributed by atoms with Gasteiger partial charge in [0.1, 0.15) is 11.2 Å². The monoisotopic (exact) mass is 319 g/mol. The molecule has 1 amide bonds. The first-order valence-corrected chi connectivity index (χ1v) is 8.21. The molecule has 0 spiro atoms. The second-order valence-corrected chi connectivity index (χ2v) is 6.59. The Morgan fingerprint density at radius 3 is 2.52 bits per heavy atom. The fraction of sp³-hybridized carbons (Fsp3) is 0.556. The number of nitrogens with zero attached hydrogens (tertiary/aromatic N) is 1. The van der Waals surface area contributed by atoms with E-state index in [1.165, 1.54) is 12.1 Å². The summed E-state index contributed by atoms with van der Waals surface area (Å²) < 4.78 is 18.1. The highest BCUT2D eigenvalue weighted by atomic mass is 19.1. The van der Waals surface area contributed by atoms with Crippen molar-refractivity contribution in [3.63, 3.8) is 0 Å². The van der Waals surface area contributed by atoms with Crippen molar-refractivity contribution in [1.82, 2.24) is 4.90 Å². The minimum Gasteiger partial charge on any atom is -0.465 e. The summed E-state index contributed by atoms with van der Waals surface area (Å²) in [5.41, 5.74) is 0.0941. The molecule has 2 atom stereocenters. The SMILES string of the molecule is CCOC(=O)C1(C(=O)N2C[C@@H](c3ccc(F)cc3)C[C@H]2C)CC1. The highest BCUT2D eigenvalue weighted by Gasteiger charge is 2.60. The second-order valence-electron chi connectivity index (χ2n) is 6.59. The van der Waals surface area contributed by atoms with E-state index in [0.29, 0.717) is 26.0 Å². The molecule has 1 saturated heterocycles. The number of hydrogen-bond acceptors (Lipinski definition) is 3. The summed E-state index contributed by atoms with van der Waals surface area (Å²) in [4.78, 5) is 26.8. The van der Waals surface area contributed by atoms with Gasteiger partial charge < -0.3 is 9.64 Å². The van der Waals surface area contributed by atoms with Crippen molar-refractivity contribution < 1.29 is 18.7 Å². The Bertz CT molecular complexity index is 609. The average Bonchev–Trinajstić information content (AvgIpc) is 3.26. The molecule has 0 radical (unpaired) electrons. The summed E-state index contributed by atoms with van der Waals surface area (Å²) >= 11 is 0. The van der Waals surface area contributed by atoms with Gasteiger partial charge in [0.15, 0.2) is 0 Å². The minimum atomic E-state index is -0.943. The Kier molecular flexibility index (Phi) is 4.13. The van der Waals surface area contributed by atoms with E-state index in [1.807, 2.05) is 6.92 Å². The van der Waals surface area contributed by atoms with E-state index in [1.54, 1.807) is 24.0 Å². The summed E-state index contributed by atoms with van der Waals surface area (Å²) in [6.45, 7) is 4.62. The van der Waals surface area contributed by atoms with Gasteiger partial charge in [-0.25, -0.2) is 4.39 Å². The van der Waals surface area contributed by atoms with E-state index in [4.69, 9.17) is 4.74 Å². The van der Waals surface area contributed by atoms with Gasteiger partial charge in [0.2, 0.25) is 5.91 Å². The average molecular weight is 319 g/mol. The largest absolute Gasteiger partial charge is 0.465 e. The molecule has 2 aliphatic rings. The molecule has 2 fully saturated rings. The van der Waals surface area contributed by atoms with Gasteiger partial charge in [-0.3, -0.25) is 9.59 Å². The first kappa shape index (κ1) is 16.0. The summed E-state index contributed by atoms with van der Waals surface area (Å²) in [6, 6.07) is 6.53. The van der Waals surface area contributed by atoms with Crippen LogP contribution in [0.5, 0.6) is 0 Å². The van der Waals surface area contributed by atoms with Crippen molar-refractivity contribution >= 4 is 11.9 Å². The van der Waals surface area contributed by atoms with Gasteiger partial charge in [0.05, 0.1) is 6.61 Å². The van der Waals surface area contributed by atoms with Crippen molar-refractivity contribution in [3.05, 3.63) is 35.6 Å². The van der Waals surface area contributed by atoms with Crippen molar-refractivity contribution in [2.45, 2.75) is 45.1 Å². The number of hydrogen-bond donors (Lipinski definition) is 0. The van der Waals surface area contributed by atoms with Gasteiger partial charge in [-0.2, -0.15) is 0 Å². The van der Waals surface area contributed by atoms with Gasteiger partial charge in [-0.1, -0.05) is 12.1 Å². The predicted octanol–water partition coefficient (Wildman–Crippen LogP) is 2.87. The van der Waals surface area contributed by atoms with E-state index < -0.39 is 5.41 Å². The maximum absolute atomic E-state index is 13.1. The third kappa shape index (κ3) is 2.84. The number of amides is 1. The van der Waals surface area contributed by atoms with Gasteiger partial charge in [-0.15, -0.1) is 0 Å². The lowest BCUT2D eigenvalue weighted by Crippen LogP contribution is -2.43. The first-order valence-electron chi connectivity index (χ1n) is 8.21. The smallest absolute Gasteiger partial charge is 0.321 e. The zero-order chi connectivity index (χ0) is 16.6. The van der Waals surface area contributed by atoms with Gasteiger partial charge in [0.25, 0.3) is 0 Å². The number of rotatable bonds is 4. The third-order valence-corrected chi connectivity index (χ3v) is 5.00. The molecule has 0 unspecified atom stereocenters. The molecule has 0 aromatic heterocycles. The van der Waals surface area contributed by atoms with Crippen LogP contribution in [0, 0.1) is 11.2 Å². The van der Waals surface area contributed by atoms with Crippen LogP contribution in [-0.4, -0.2) is 36.0 Å². The van der Waals surface area contributed by atoms with E-state index >= 15 is 0 Å². The van der Waals surface area contributed by atoms with Crippen LogP contribution in [-0.2, 0) is 14.3 Å². The molecule has 1 saturated carbocycles. The van der Waals surface area contributed by atoms with E-state index in [2.05, 4.69) is 0 Å². The fourth-order valence-corrected chi connectivity index (χ4v) is 3.46. The predicted molar refractivity (Wildman–Crippen MR) is 83.2 cm³/mol. The number of ether oxygens (including phenoxy) is 1. The van der Waals surface area contributed by atoms with Crippen LogP contribution >= 0.6 is 0 Å². The standard InChI is InChI=1S/C18H22FNO3/c1-3-23-17(22)18(8-9-18)16(21)20-11-14(10-12(20)2)13-4-6-15(19)7-5-13/h4-7,12,14H,3,8-11H2,1-2H3/t12-,14+/m1/s1. The quantitative estimate of drug-likeness (QED) is 0.633. The number of halogens is 1. The van der Waals surface area contributed by atoms with Gasteiger partial charge in [-0.05, 0) is 50.8 Å². The summed E-state index contributed by atoms with van der Waals surface area (Å²) in [6.07, 6.45) is 1.99. The van der Waals surface area contributed by atoms with Crippen molar-refractivity contribution in [3.8, 4) is 0 Å². The first-order chi connectivity index (χ1) is 11.0. The van der Waals surface area contributed by atoms with Crippen LogP contribution in [0.1, 0.15) is 44.6 Å². The van der Waals surface area contributed by atoms with Crippen molar-refractivity contribution in [1.29, 1.82) is 0 Å². The molecular formula is C18H22FNO3. The minimum absolute atomic E-state index is 0.0736. The van der Waals surface area contributed by atoms with Crippen LogP contribution in [0.15, 0.2) is 24.3 Å². The normalized spacial score (nSPS) is 25.3. The zero-order valence-corrected chi connectivity index (χ0v) is 13.5. The molecule has 1 aromatic rings. The molecule has 3 rings (SSSR count). The van der Waals surface area contributed by atoms with E-state index in [0.717, 1.165) is 12.0 Å². The van der Waals surface area contributed by atoms with Crippen LogP contribution in [0.2, 0.25) is 0 Å². The highest BCUT2D eigenvalue weighted by molar-refractivity contribution is 6.05. The maximum Gasteiger partial charge on any atom is 0.321 e. The Morgan fingerprint density at radius 1 is 1.30 bits per heavy atom. The second kappa shape index (κ2) is 5.95. The number of benzene rings is 1. The van der Waals surface area contributed by atoms with Gasteiger partial charge >= 0.3 is 5.97 Å². The van der Waals surface area contributed by atoms with Crippen LogP contribution in [0.25, 0.3) is 0 Å². The topological polar surface area (TPSA) is 46.6 Å². The van der Waals surface area contributed by atoms with E-state index in [-0.39, 0.29) is 29.7 Å². The molecule has 1 aliphatic carbocycles. The Morgan fingerprint density at radius 2 is 1.96 bits per heavy atom. The molecule has 0 bridgehead atoms. The Balaban J connectivity index is 1.73. The zero-order valence-electron chi connectivity index (χ0n) is 13.5. The Labute approximate surface area is 135 Å². The fourth-order valence-electron chi connectivity index (χ4n) is 3.46. The van der Waals surface area contributed by atoms with Crippen LogP contribution in [0.4, 0.5) is 4.39 Å². The van der Waals surface area contributed by atoms with Crippen LogP contribution < -0.4 is 0 Å². The number of carbonyl (C=O) groups excluding carboxylic acids is 2. The van der Waals surface area contributed by atoms with E-state index in [9.17, 15) is 14.0 Å². The van der Waals surface area contributed by atoms with Gasteiger partial charge in [0, 0.05) is 18.5 Å². The lowest BCUT2D eigenvalue weighted by atomic mass is 9.97. The lowest BCUT2D eigenvalue weighted by molar-refractivity contribution is -0.158. The number of carbonyl (C=O) groups is 2. The van der Waals surface area contributed by atoms with Crippen molar-refractivity contribution in [2.24, 2.45) is 5.41 Å². The van der Waals surface area contributed by atoms with Crippen LogP contribution in [0.3, 0.4) is 0 Å². The highest BCUT2D eigenvalue weighted by Crippen LogP contribution is 2.50. The Hall–Kier alpha value is -1.91. The summed E-state index contributed by atoms with van der Waals surface area (Å²) in [5, 5.41) is 0. The van der Waals surface area contributed by atoms with Crippen molar-refractivity contribution in [2.75, 3.05) is 13.2 Å². The summed E-state index contributed by atoms with van der Waals surface area (Å²) in [5.74, 6) is -0.560. The summed E-state index contributed by atoms with van der Waals surface area (Å²) in [7, 11) is 0.